The lowest BCUT2D eigenvalue weighted by molar-refractivity contribution is 0.400. The summed E-state index contributed by atoms with van der Waals surface area (Å²) in [6.45, 7) is 0.114. The van der Waals surface area contributed by atoms with E-state index in [-0.39, 0.29) is 29.5 Å². The maximum atomic E-state index is 13.9. The number of fused-ring (bicyclic) bond motifs is 1. The highest BCUT2D eigenvalue weighted by Gasteiger charge is 2.20. The molecule has 2 aromatic heterocycles. The molecule has 0 aliphatic heterocycles. The second kappa shape index (κ2) is 7.32. The van der Waals surface area contributed by atoms with Gasteiger partial charge >= 0.3 is 11.7 Å². The summed E-state index contributed by atoms with van der Waals surface area (Å²) in [5.41, 5.74) is 0.165. The van der Waals surface area contributed by atoms with Crippen LogP contribution in [0.15, 0.2) is 62.6 Å². The van der Waals surface area contributed by atoms with Crippen LogP contribution in [0.25, 0.3) is 11.2 Å². The molecule has 0 spiro atoms. The van der Waals surface area contributed by atoms with Crippen molar-refractivity contribution in [2.75, 3.05) is 0 Å². The minimum absolute atomic E-state index is 0.0126. The second-order valence-corrected chi connectivity index (χ2v) is 7.43. The van der Waals surface area contributed by atoms with E-state index in [1.807, 2.05) is 24.3 Å². The molecular formula is C20H16BrFN4O3. The van der Waals surface area contributed by atoms with Crippen LogP contribution in [0.2, 0.25) is 0 Å². The second-order valence-electron chi connectivity index (χ2n) is 6.52. The first-order valence-electron chi connectivity index (χ1n) is 8.70. The highest BCUT2D eigenvalue weighted by Crippen LogP contribution is 2.25. The molecule has 0 amide bonds. The summed E-state index contributed by atoms with van der Waals surface area (Å²) in [7, 11) is 3.11. The molecule has 0 saturated carbocycles. The van der Waals surface area contributed by atoms with Crippen LogP contribution >= 0.6 is 15.9 Å². The highest BCUT2D eigenvalue weighted by molar-refractivity contribution is 9.10. The third-order valence-corrected chi connectivity index (χ3v) is 5.14. The number of aromatic nitrogens is 4. The quantitative estimate of drug-likeness (QED) is 0.470. The average molecular weight is 459 g/mol. The van der Waals surface area contributed by atoms with Gasteiger partial charge in [-0.05, 0) is 29.8 Å². The lowest BCUT2D eigenvalue weighted by atomic mass is 10.2. The van der Waals surface area contributed by atoms with Crippen LogP contribution in [0, 0.1) is 5.82 Å². The van der Waals surface area contributed by atoms with Gasteiger partial charge in [-0.2, -0.15) is 4.98 Å². The number of nitrogens with zero attached hydrogens (tertiary/aromatic N) is 4. The van der Waals surface area contributed by atoms with Gasteiger partial charge in [-0.25, -0.2) is 9.18 Å². The van der Waals surface area contributed by atoms with Crippen molar-refractivity contribution in [2.24, 2.45) is 14.1 Å². The van der Waals surface area contributed by atoms with Gasteiger partial charge in [0.25, 0.3) is 5.56 Å². The van der Waals surface area contributed by atoms with Crippen LogP contribution in [0.4, 0.5) is 4.39 Å². The number of benzene rings is 2. The molecule has 9 heteroatoms. The van der Waals surface area contributed by atoms with Gasteiger partial charge in [0.15, 0.2) is 22.7 Å². The van der Waals surface area contributed by atoms with Gasteiger partial charge < -0.3 is 4.74 Å². The number of aryl methyl sites for hydroxylation is 2. The minimum atomic E-state index is -0.555. The molecule has 0 bridgehead atoms. The van der Waals surface area contributed by atoms with Crippen LogP contribution in [-0.2, 0) is 20.6 Å². The van der Waals surface area contributed by atoms with E-state index in [1.165, 1.54) is 28.3 Å². The fraction of sp³-hybridized carbons (Fsp3) is 0.150. The van der Waals surface area contributed by atoms with E-state index < -0.39 is 17.1 Å². The summed E-state index contributed by atoms with van der Waals surface area (Å²) < 4.78 is 24.2. The SMILES string of the molecule is Cn1c(Oc2ccccc2F)nc2c1c(=O)n(Cc1ccc(Br)cc1)c(=O)n2C. The third kappa shape index (κ3) is 3.38. The summed E-state index contributed by atoms with van der Waals surface area (Å²) in [5.74, 6) is -0.577. The molecule has 0 atom stereocenters. The topological polar surface area (TPSA) is 71.1 Å². The van der Waals surface area contributed by atoms with E-state index in [0.29, 0.717) is 0 Å². The minimum Gasteiger partial charge on any atom is -0.422 e. The van der Waals surface area contributed by atoms with Crippen LogP contribution in [0.1, 0.15) is 5.56 Å². The van der Waals surface area contributed by atoms with Crippen molar-refractivity contribution < 1.29 is 9.13 Å². The Hall–Kier alpha value is -3.20. The zero-order valence-electron chi connectivity index (χ0n) is 15.6. The molecule has 0 aliphatic rings. The van der Waals surface area contributed by atoms with Crippen molar-refractivity contribution in [3.8, 4) is 11.8 Å². The van der Waals surface area contributed by atoms with Gasteiger partial charge in [0.1, 0.15) is 0 Å². The summed E-state index contributed by atoms with van der Waals surface area (Å²) in [5, 5.41) is 0. The van der Waals surface area contributed by atoms with Gasteiger partial charge in [-0.3, -0.25) is 18.5 Å². The Kier molecular flexibility index (Phi) is 4.83. The van der Waals surface area contributed by atoms with Gasteiger partial charge in [-0.1, -0.05) is 40.2 Å². The number of halogens is 2. The number of hydrogen-bond donors (Lipinski definition) is 0. The standard InChI is InChI=1S/C20H16BrFN4O3/c1-24-16-17(23-19(24)29-15-6-4-3-5-14(15)22)25(2)20(28)26(18(16)27)11-12-7-9-13(21)10-8-12/h3-10H,11H2,1-2H3. The first kappa shape index (κ1) is 19.1. The molecule has 0 fully saturated rings. The van der Waals surface area contributed by atoms with E-state index in [4.69, 9.17) is 4.74 Å². The van der Waals surface area contributed by atoms with Crippen LogP contribution in [0.5, 0.6) is 11.8 Å². The first-order valence-corrected chi connectivity index (χ1v) is 9.49. The molecule has 0 unspecified atom stereocenters. The molecule has 7 nitrogen and oxygen atoms in total. The van der Waals surface area contributed by atoms with E-state index >= 15 is 0 Å². The maximum Gasteiger partial charge on any atom is 0.332 e. The van der Waals surface area contributed by atoms with E-state index in [1.54, 1.807) is 19.2 Å². The van der Waals surface area contributed by atoms with Crippen LogP contribution in [-0.4, -0.2) is 18.7 Å². The number of rotatable bonds is 4. The van der Waals surface area contributed by atoms with Crippen molar-refractivity contribution in [1.29, 1.82) is 0 Å². The zero-order valence-corrected chi connectivity index (χ0v) is 17.2. The van der Waals surface area contributed by atoms with Gasteiger partial charge in [0.05, 0.1) is 6.54 Å². The van der Waals surface area contributed by atoms with Crippen LogP contribution in [0.3, 0.4) is 0 Å². The molecule has 148 valence electrons. The summed E-state index contributed by atoms with van der Waals surface area (Å²) >= 11 is 3.36. The summed E-state index contributed by atoms with van der Waals surface area (Å²) in [6.07, 6.45) is 0. The van der Waals surface area contributed by atoms with E-state index in [9.17, 15) is 14.0 Å². The molecule has 29 heavy (non-hydrogen) atoms. The highest BCUT2D eigenvalue weighted by atomic mass is 79.9. The largest absolute Gasteiger partial charge is 0.422 e. The Labute approximate surface area is 172 Å². The van der Waals surface area contributed by atoms with Gasteiger partial charge in [0.2, 0.25) is 0 Å². The molecule has 0 N–H and O–H groups in total. The van der Waals surface area contributed by atoms with E-state index in [2.05, 4.69) is 20.9 Å². The first-order chi connectivity index (χ1) is 13.9. The lowest BCUT2D eigenvalue weighted by Gasteiger charge is -2.09. The van der Waals surface area contributed by atoms with Crippen molar-refractivity contribution in [3.63, 3.8) is 0 Å². The van der Waals surface area contributed by atoms with Crippen molar-refractivity contribution >= 4 is 27.1 Å². The molecule has 0 aliphatic carbocycles. The third-order valence-electron chi connectivity index (χ3n) is 4.61. The predicted molar refractivity (Wildman–Crippen MR) is 110 cm³/mol. The maximum absolute atomic E-state index is 13.9. The van der Waals surface area contributed by atoms with Crippen molar-refractivity contribution in [1.82, 2.24) is 18.7 Å². The number of para-hydroxylation sites is 1. The predicted octanol–water partition coefficient (Wildman–Crippen LogP) is 3.18. The number of ether oxygens (including phenoxy) is 1. The van der Waals surface area contributed by atoms with Crippen LogP contribution < -0.4 is 16.0 Å². The fourth-order valence-corrected chi connectivity index (χ4v) is 3.32. The van der Waals surface area contributed by atoms with Crippen molar-refractivity contribution in [2.45, 2.75) is 6.54 Å². The summed E-state index contributed by atoms with van der Waals surface area (Å²) in [4.78, 5) is 30.1. The normalized spacial score (nSPS) is 11.2. The Morgan fingerprint density at radius 1 is 1.03 bits per heavy atom. The molecular weight excluding hydrogens is 443 g/mol. The molecule has 2 heterocycles. The molecule has 0 saturated heterocycles. The van der Waals surface area contributed by atoms with E-state index in [0.717, 1.165) is 14.6 Å². The molecule has 0 radical (unpaired) electrons. The lowest BCUT2D eigenvalue weighted by Crippen LogP contribution is -2.39. The van der Waals surface area contributed by atoms with Crippen molar-refractivity contribution in [3.05, 3.63) is 85.2 Å². The molecule has 4 aromatic rings. The van der Waals surface area contributed by atoms with Gasteiger partial charge in [-0.15, -0.1) is 0 Å². The number of imidazole rings is 1. The Morgan fingerprint density at radius 3 is 2.41 bits per heavy atom. The smallest absolute Gasteiger partial charge is 0.332 e. The Morgan fingerprint density at radius 2 is 1.72 bits per heavy atom. The Bertz CT molecular complexity index is 1340. The Balaban J connectivity index is 1.85. The monoisotopic (exact) mass is 458 g/mol. The zero-order chi connectivity index (χ0) is 20.7. The average Bonchev–Trinajstić information content (AvgIpc) is 3.03. The molecule has 2 aromatic carbocycles. The molecule has 4 rings (SSSR count). The fourth-order valence-electron chi connectivity index (χ4n) is 3.05. The summed E-state index contributed by atoms with van der Waals surface area (Å²) in [6, 6.07) is 13.2. The number of hydrogen-bond acceptors (Lipinski definition) is 4. The van der Waals surface area contributed by atoms with Gasteiger partial charge in [0, 0.05) is 18.6 Å².